The normalized spacial score (nSPS) is 19.7. The molecule has 1 amide bonds. The number of hydrogen-bond acceptors (Lipinski definition) is 5. The topological polar surface area (TPSA) is 89.8 Å². The number of carbonyl (C=O) groups is 1. The summed E-state index contributed by atoms with van der Waals surface area (Å²) in [5.74, 6) is 0.668. The van der Waals surface area contributed by atoms with Gasteiger partial charge in [-0.2, -0.15) is 0 Å². The van der Waals surface area contributed by atoms with Crippen LogP contribution in [0.2, 0.25) is 0 Å². The molecule has 1 saturated carbocycles. The molecule has 0 radical (unpaired) electrons. The van der Waals surface area contributed by atoms with Crippen LogP contribution in [0.25, 0.3) is 10.9 Å². The number of anilines is 1. The van der Waals surface area contributed by atoms with Crippen molar-refractivity contribution in [1.29, 1.82) is 0 Å². The van der Waals surface area contributed by atoms with Crippen LogP contribution in [0.15, 0.2) is 53.8 Å². The van der Waals surface area contributed by atoms with Crippen molar-refractivity contribution >= 4 is 22.8 Å². The van der Waals surface area contributed by atoms with E-state index in [1.807, 2.05) is 24.3 Å². The van der Waals surface area contributed by atoms with Gasteiger partial charge in [0.15, 0.2) is 0 Å². The third kappa shape index (κ3) is 3.86. The average molecular weight is 363 g/mol. The summed E-state index contributed by atoms with van der Waals surface area (Å²) in [5.41, 5.74) is 0.726. The van der Waals surface area contributed by atoms with E-state index in [4.69, 9.17) is 0 Å². The van der Waals surface area contributed by atoms with Crippen molar-refractivity contribution < 1.29 is 4.79 Å². The maximum atomic E-state index is 12.6. The number of para-hydroxylation sites is 1. The highest BCUT2D eigenvalue weighted by molar-refractivity contribution is 5.90. The molecule has 0 aliphatic heterocycles. The first kappa shape index (κ1) is 17.3. The van der Waals surface area contributed by atoms with Crippen LogP contribution in [0, 0.1) is 11.8 Å². The summed E-state index contributed by atoms with van der Waals surface area (Å²) in [6.45, 7) is 0.646. The smallest absolute Gasteiger partial charge is 0.261 e. The van der Waals surface area contributed by atoms with Crippen LogP contribution >= 0.6 is 0 Å². The summed E-state index contributed by atoms with van der Waals surface area (Å²) in [7, 11) is 0. The third-order valence-electron chi connectivity index (χ3n) is 5.20. The molecule has 1 aromatic carbocycles. The Labute approximate surface area is 156 Å². The standard InChI is InChI=1S/C20H21N5O2/c26-18(24-20-21-10-3-11-22-20)15-8-6-14(7-9-15)12-25-13-23-17-5-2-1-4-16(17)19(25)27/h1-5,10-11,13-15H,6-9,12H2,(H,21,22,24,26). The van der Waals surface area contributed by atoms with Gasteiger partial charge in [0.1, 0.15) is 0 Å². The van der Waals surface area contributed by atoms with Crippen LogP contribution in [0.4, 0.5) is 5.95 Å². The number of nitrogens with one attached hydrogen (secondary N) is 1. The Morgan fingerprint density at radius 1 is 1.04 bits per heavy atom. The number of nitrogens with zero attached hydrogens (tertiary/aromatic N) is 4. The van der Waals surface area contributed by atoms with Gasteiger partial charge in [-0.25, -0.2) is 15.0 Å². The fourth-order valence-electron chi connectivity index (χ4n) is 3.70. The van der Waals surface area contributed by atoms with Crippen LogP contribution in [-0.4, -0.2) is 25.4 Å². The molecule has 0 spiro atoms. The number of benzene rings is 1. The van der Waals surface area contributed by atoms with Crippen molar-refractivity contribution in [3.05, 3.63) is 59.4 Å². The Bertz CT molecular complexity index is 994. The van der Waals surface area contributed by atoms with Gasteiger partial charge in [0.2, 0.25) is 11.9 Å². The fourth-order valence-corrected chi connectivity index (χ4v) is 3.70. The number of hydrogen-bond donors (Lipinski definition) is 1. The molecule has 4 rings (SSSR count). The van der Waals surface area contributed by atoms with Crippen molar-refractivity contribution in [2.75, 3.05) is 5.32 Å². The highest BCUT2D eigenvalue weighted by Gasteiger charge is 2.27. The van der Waals surface area contributed by atoms with Gasteiger partial charge in [-0.3, -0.25) is 19.5 Å². The molecule has 1 aliphatic rings. The maximum Gasteiger partial charge on any atom is 0.261 e. The van der Waals surface area contributed by atoms with Crippen LogP contribution < -0.4 is 10.9 Å². The zero-order chi connectivity index (χ0) is 18.6. The van der Waals surface area contributed by atoms with Gasteiger partial charge in [0.05, 0.1) is 17.2 Å². The van der Waals surface area contributed by atoms with Gasteiger partial charge in [0.25, 0.3) is 5.56 Å². The minimum atomic E-state index is -0.0310. The Morgan fingerprint density at radius 2 is 1.78 bits per heavy atom. The summed E-state index contributed by atoms with van der Waals surface area (Å²) in [6.07, 6.45) is 8.28. The molecular formula is C20H21N5O2. The van der Waals surface area contributed by atoms with E-state index in [1.165, 1.54) is 0 Å². The van der Waals surface area contributed by atoms with E-state index >= 15 is 0 Å². The van der Waals surface area contributed by atoms with Gasteiger partial charge < -0.3 is 0 Å². The van der Waals surface area contributed by atoms with Gasteiger partial charge >= 0.3 is 0 Å². The first-order valence-electron chi connectivity index (χ1n) is 9.23. The van der Waals surface area contributed by atoms with Crippen molar-refractivity contribution in [2.24, 2.45) is 11.8 Å². The number of amides is 1. The van der Waals surface area contributed by atoms with Crippen molar-refractivity contribution in [3.63, 3.8) is 0 Å². The summed E-state index contributed by atoms with van der Waals surface area (Å²) in [5, 5.41) is 3.43. The van der Waals surface area contributed by atoms with E-state index in [1.54, 1.807) is 29.4 Å². The first-order valence-corrected chi connectivity index (χ1v) is 9.23. The fraction of sp³-hybridized carbons (Fsp3) is 0.350. The molecule has 0 bridgehead atoms. The lowest BCUT2D eigenvalue weighted by atomic mass is 9.81. The molecule has 2 aromatic heterocycles. The zero-order valence-corrected chi connectivity index (χ0v) is 14.9. The van der Waals surface area contributed by atoms with E-state index in [-0.39, 0.29) is 17.4 Å². The van der Waals surface area contributed by atoms with Gasteiger partial charge in [0, 0.05) is 24.9 Å². The summed E-state index contributed by atoms with van der Waals surface area (Å²) < 4.78 is 1.70. The molecule has 138 valence electrons. The van der Waals surface area contributed by atoms with E-state index in [2.05, 4.69) is 20.3 Å². The predicted molar refractivity (Wildman–Crippen MR) is 102 cm³/mol. The molecule has 0 atom stereocenters. The highest BCUT2D eigenvalue weighted by atomic mass is 16.2. The van der Waals surface area contributed by atoms with Crippen LogP contribution in [-0.2, 0) is 11.3 Å². The number of fused-ring (bicyclic) bond motifs is 1. The van der Waals surface area contributed by atoms with Crippen LogP contribution in [0.1, 0.15) is 25.7 Å². The monoisotopic (exact) mass is 363 g/mol. The van der Waals surface area contributed by atoms with Gasteiger partial charge in [-0.15, -0.1) is 0 Å². The minimum absolute atomic E-state index is 0.00157. The molecule has 3 aromatic rings. The molecule has 0 unspecified atom stereocenters. The van der Waals surface area contributed by atoms with Crippen LogP contribution in [0.5, 0.6) is 0 Å². The zero-order valence-electron chi connectivity index (χ0n) is 14.9. The SMILES string of the molecule is O=C(Nc1ncccn1)C1CCC(Cn2cnc3ccccc3c2=O)CC1. The Balaban J connectivity index is 1.36. The van der Waals surface area contributed by atoms with E-state index in [9.17, 15) is 9.59 Å². The molecule has 7 nitrogen and oxygen atoms in total. The predicted octanol–water partition coefficient (Wildman–Crippen LogP) is 2.63. The van der Waals surface area contributed by atoms with Crippen molar-refractivity contribution in [3.8, 4) is 0 Å². The molecule has 1 N–H and O–H groups in total. The first-order chi connectivity index (χ1) is 13.2. The molecule has 27 heavy (non-hydrogen) atoms. The second-order valence-electron chi connectivity index (χ2n) is 7.00. The average Bonchev–Trinajstić information content (AvgIpc) is 2.71. The lowest BCUT2D eigenvalue weighted by molar-refractivity contribution is -0.121. The minimum Gasteiger partial charge on any atom is -0.298 e. The Kier molecular flexibility index (Phi) is 4.91. The van der Waals surface area contributed by atoms with Gasteiger partial charge in [-0.1, -0.05) is 12.1 Å². The molecule has 2 heterocycles. The van der Waals surface area contributed by atoms with Crippen LogP contribution in [0.3, 0.4) is 0 Å². The second kappa shape index (κ2) is 7.65. The number of aromatic nitrogens is 4. The van der Waals surface area contributed by atoms with E-state index in [0.717, 1.165) is 31.2 Å². The lowest BCUT2D eigenvalue weighted by Crippen LogP contribution is -2.31. The maximum absolute atomic E-state index is 12.6. The Hall–Kier alpha value is -3.09. The number of carbonyl (C=O) groups excluding carboxylic acids is 1. The van der Waals surface area contributed by atoms with E-state index < -0.39 is 0 Å². The molecule has 7 heteroatoms. The molecular weight excluding hydrogens is 342 g/mol. The van der Waals surface area contributed by atoms with Crippen molar-refractivity contribution in [2.45, 2.75) is 32.2 Å². The second-order valence-corrected chi connectivity index (χ2v) is 7.00. The molecule has 1 aliphatic carbocycles. The summed E-state index contributed by atoms with van der Waals surface area (Å²) in [6, 6.07) is 9.11. The quantitative estimate of drug-likeness (QED) is 0.770. The third-order valence-corrected chi connectivity index (χ3v) is 5.20. The van der Waals surface area contributed by atoms with Gasteiger partial charge in [-0.05, 0) is 49.8 Å². The Morgan fingerprint density at radius 3 is 2.56 bits per heavy atom. The molecule has 1 fully saturated rings. The summed E-state index contributed by atoms with van der Waals surface area (Å²) in [4.78, 5) is 37.4. The van der Waals surface area contributed by atoms with E-state index in [0.29, 0.717) is 23.8 Å². The largest absolute Gasteiger partial charge is 0.298 e. The number of rotatable bonds is 4. The molecule has 0 saturated heterocycles. The summed E-state index contributed by atoms with van der Waals surface area (Å²) >= 11 is 0. The van der Waals surface area contributed by atoms with Crippen molar-refractivity contribution in [1.82, 2.24) is 19.5 Å². The lowest BCUT2D eigenvalue weighted by Gasteiger charge is -2.27. The highest BCUT2D eigenvalue weighted by Crippen LogP contribution is 2.30.